The van der Waals surface area contributed by atoms with E-state index in [9.17, 15) is 0 Å². The number of nitrogens with zero attached hydrogens (tertiary/aromatic N) is 5. The molecular weight excluding hydrogens is 401 g/mol. The third kappa shape index (κ3) is 4.06. The number of aliphatic imine (C=N–C) groups is 1. The Balaban J connectivity index is 0.00000161. The molecule has 9 heteroatoms. The van der Waals surface area contributed by atoms with Crippen LogP contribution in [-0.4, -0.2) is 52.2 Å². The van der Waals surface area contributed by atoms with Crippen LogP contribution in [0.4, 0.5) is 5.13 Å². The SMILES string of the molecule is I.NC(=NCc1ccn[nH]1)N1CCN(c2nccs2)CC1. The van der Waals surface area contributed by atoms with Crippen LogP contribution >= 0.6 is 35.3 Å². The summed E-state index contributed by atoms with van der Waals surface area (Å²) in [5, 5.41) is 9.85. The highest BCUT2D eigenvalue weighted by Gasteiger charge is 2.19. The van der Waals surface area contributed by atoms with Crippen molar-refractivity contribution >= 4 is 46.4 Å². The molecule has 0 saturated carbocycles. The van der Waals surface area contributed by atoms with Crippen molar-refractivity contribution in [1.82, 2.24) is 20.1 Å². The number of halogens is 1. The lowest BCUT2D eigenvalue weighted by Crippen LogP contribution is -2.51. The zero-order valence-corrected chi connectivity index (χ0v) is 14.6. The second kappa shape index (κ2) is 7.59. The van der Waals surface area contributed by atoms with Crippen molar-refractivity contribution in [2.24, 2.45) is 10.7 Å². The number of anilines is 1. The molecule has 1 saturated heterocycles. The number of rotatable bonds is 3. The molecule has 0 aromatic carbocycles. The Morgan fingerprint density at radius 2 is 2.14 bits per heavy atom. The topological polar surface area (TPSA) is 86.4 Å². The van der Waals surface area contributed by atoms with E-state index in [0.717, 1.165) is 37.0 Å². The van der Waals surface area contributed by atoms with Gasteiger partial charge in [-0.3, -0.25) is 5.10 Å². The molecule has 1 aliphatic rings. The normalized spacial score (nSPS) is 15.9. The van der Waals surface area contributed by atoms with Gasteiger partial charge in [0.05, 0.1) is 12.2 Å². The Labute approximate surface area is 144 Å². The lowest BCUT2D eigenvalue weighted by atomic mass is 10.3. The average molecular weight is 419 g/mol. The number of hydrogen-bond acceptors (Lipinski definition) is 5. The van der Waals surface area contributed by atoms with Crippen LogP contribution < -0.4 is 10.6 Å². The van der Waals surface area contributed by atoms with Crippen LogP contribution in [0.1, 0.15) is 5.69 Å². The molecule has 3 heterocycles. The Hall–Kier alpha value is -1.36. The second-order valence-corrected chi connectivity index (χ2v) is 5.42. The van der Waals surface area contributed by atoms with Gasteiger partial charge in [-0.2, -0.15) is 5.10 Å². The predicted octanol–water partition coefficient (Wildman–Crippen LogP) is 1.12. The van der Waals surface area contributed by atoms with Gasteiger partial charge in [-0.15, -0.1) is 35.3 Å². The summed E-state index contributed by atoms with van der Waals surface area (Å²) in [4.78, 5) is 13.1. The number of thiazole rings is 1. The fourth-order valence-electron chi connectivity index (χ4n) is 2.14. The van der Waals surface area contributed by atoms with E-state index in [1.807, 2.05) is 17.6 Å². The van der Waals surface area contributed by atoms with E-state index in [0.29, 0.717) is 12.5 Å². The molecule has 2 aromatic rings. The molecule has 0 atom stereocenters. The molecule has 7 nitrogen and oxygen atoms in total. The van der Waals surface area contributed by atoms with Crippen molar-refractivity contribution < 1.29 is 0 Å². The van der Waals surface area contributed by atoms with Gasteiger partial charge in [0.25, 0.3) is 0 Å². The molecule has 0 spiro atoms. The predicted molar refractivity (Wildman–Crippen MR) is 95.2 cm³/mol. The summed E-state index contributed by atoms with van der Waals surface area (Å²) in [5.41, 5.74) is 7.01. The number of nitrogens with two attached hydrogens (primary N) is 1. The Kier molecular flexibility index (Phi) is 5.79. The van der Waals surface area contributed by atoms with Gasteiger partial charge in [-0.1, -0.05) is 0 Å². The van der Waals surface area contributed by atoms with Crippen molar-refractivity contribution in [2.45, 2.75) is 6.54 Å². The van der Waals surface area contributed by atoms with Gasteiger partial charge in [-0.25, -0.2) is 9.98 Å². The summed E-state index contributed by atoms with van der Waals surface area (Å²) in [7, 11) is 0. The van der Waals surface area contributed by atoms with Gasteiger partial charge in [0.1, 0.15) is 0 Å². The maximum Gasteiger partial charge on any atom is 0.191 e. The maximum absolute atomic E-state index is 6.04. The minimum atomic E-state index is 0. The van der Waals surface area contributed by atoms with E-state index in [4.69, 9.17) is 5.73 Å². The standard InChI is InChI=1S/C12H17N7S.HI/c13-11(15-9-10-1-2-16-17-10)18-4-6-19(7-5-18)12-14-3-8-20-12;/h1-3,8H,4-7,9H2,(H2,13,15)(H,16,17);1H. The minimum Gasteiger partial charge on any atom is -0.370 e. The quantitative estimate of drug-likeness (QED) is 0.443. The molecule has 0 amide bonds. The van der Waals surface area contributed by atoms with E-state index in [1.54, 1.807) is 17.5 Å². The van der Waals surface area contributed by atoms with Crippen molar-refractivity contribution in [3.8, 4) is 0 Å². The molecule has 1 aliphatic heterocycles. The first kappa shape index (κ1) is 16.0. The van der Waals surface area contributed by atoms with Crippen LogP contribution in [0.25, 0.3) is 0 Å². The molecule has 2 aromatic heterocycles. The van der Waals surface area contributed by atoms with Crippen molar-refractivity contribution in [2.75, 3.05) is 31.1 Å². The Bertz CT molecular complexity index is 546. The molecule has 3 N–H and O–H groups in total. The summed E-state index contributed by atoms with van der Waals surface area (Å²) < 4.78 is 0. The van der Waals surface area contributed by atoms with Crippen molar-refractivity contribution in [1.29, 1.82) is 0 Å². The molecule has 0 aliphatic carbocycles. The smallest absolute Gasteiger partial charge is 0.191 e. The minimum absolute atomic E-state index is 0. The largest absolute Gasteiger partial charge is 0.370 e. The molecule has 0 radical (unpaired) electrons. The molecule has 114 valence electrons. The third-order valence-corrected chi connectivity index (χ3v) is 4.10. The maximum atomic E-state index is 6.04. The monoisotopic (exact) mass is 419 g/mol. The fourth-order valence-corrected chi connectivity index (χ4v) is 2.83. The van der Waals surface area contributed by atoms with Gasteiger partial charge in [0.15, 0.2) is 11.1 Å². The van der Waals surface area contributed by atoms with Gasteiger partial charge in [0.2, 0.25) is 0 Å². The second-order valence-electron chi connectivity index (χ2n) is 4.55. The average Bonchev–Trinajstić information content (AvgIpc) is 3.18. The lowest BCUT2D eigenvalue weighted by molar-refractivity contribution is 0.380. The first-order valence-corrected chi connectivity index (χ1v) is 7.38. The van der Waals surface area contributed by atoms with Crippen molar-refractivity contribution in [3.05, 3.63) is 29.5 Å². The summed E-state index contributed by atoms with van der Waals surface area (Å²) >= 11 is 1.67. The van der Waals surface area contributed by atoms with Crippen LogP contribution in [0.5, 0.6) is 0 Å². The number of guanidine groups is 1. The van der Waals surface area contributed by atoms with Gasteiger partial charge < -0.3 is 15.5 Å². The highest BCUT2D eigenvalue weighted by atomic mass is 127. The zero-order valence-electron chi connectivity index (χ0n) is 11.5. The number of nitrogens with one attached hydrogen (secondary N) is 1. The molecule has 3 rings (SSSR count). The van der Waals surface area contributed by atoms with Gasteiger partial charge in [0, 0.05) is 44.0 Å². The van der Waals surface area contributed by atoms with Gasteiger partial charge in [-0.05, 0) is 6.07 Å². The Morgan fingerprint density at radius 3 is 2.76 bits per heavy atom. The highest BCUT2D eigenvalue weighted by Crippen LogP contribution is 2.18. The molecular formula is C12H18IN7S. The van der Waals surface area contributed by atoms with Crippen molar-refractivity contribution in [3.63, 3.8) is 0 Å². The third-order valence-electron chi connectivity index (χ3n) is 3.26. The summed E-state index contributed by atoms with van der Waals surface area (Å²) in [5.74, 6) is 0.596. The molecule has 21 heavy (non-hydrogen) atoms. The summed E-state index contributed by atoms with van der Waals surface area (Å²) in [6, 6.07) is 1.90. The van der Waals surface area contributed by atoms with Crippen LogP contribution in [0.2, 0.25) is 0 Å². The molecule has 0 bridgehead atoms. The van der Waals surface area contributed by atoms with E-state index < -0.39 is 0 Å². The number of piperazine rings is 1. The van der Waals surface area contributed by atoms with E-state index >= 15 is 0 Å². The van der Waals surface area contributed by atoms with Gasteiger partial charge >= 0.3 is 0 Å². The zero-order chi connectivity index (χ0) is 13.8. The van der Waals surface area contributed by atoms with Crippen LogP contribution in [-0.2, 0) is 6.54 Å². The number of aromatic amines is 1. The lowest BCUT2D eigenvalue weighted by Gasteiger charge is -2.35. The van der Waals surface area contributed by atoms with E-state index in [2.05, 4.69) is 30.0 Å². The summed E-state index contributed by atoms with van der Waals surface area (Å²) in [6.45, 7) is 4.13. The van der Waals surface area contributed by atoms with E-state index in [1.165, 1.54) is 0 Å². The number of aromatic nitrogens is 3. The number of hydrogen-bond donors (Lipinski definition) is 2. The number of H-pyrrole nitrogens is 1. The highest BCUT2D eigenvalue weighted by molar-refractivity contribution is 14.0. The Morgan fingerprint density at radius 1 is 1.33 bits per heavy atom. The molecule has 0 unspecified atom stereocenters. The molecule has 1 fully saturated rings. The summed E-state index contributed by atoms with van der Waals surface area (Å²) in [6.07, 6.45) is 3.56. The fraction of sp³-hybridized carbons (Fsp3) is 0.417. The first-order chi connectivity index (χ1) is 9.83. The van der Waals surface area contributed by atoms with E-state index in [-0.39, 0.29) is 24.0 Å². The first-order valence-electron chi connectivity index (χ1n) is 6.50. The van der Waals surface area contributed by atoms with Crippen LogP contribution in [0.3, 0.4) is 0 Å². The van der Waals surface area contributed by atoms with Crippen LogP contribution in [0, 0.1) is 0 Å². The van der Waals surface area contributed by atoms with Crippen LogP contribution in [0.15, 0.2) is 28.8 Å².